The van der Waals surface area contributed by atoms with Crippen LogP contribution in [-0.4, -0.2) is 38.9 Å². The molecule has 3 aromatic rings. The second-order valence-electron chi connectivity index (χ2n) is 7.47. The molecule has 0 aliphatic carbocycles. The third-order valence-electron chi connectivity index (χ3n) is 4.77. The summed E-state index contributed by atoms with van der Waals surface area (Å²) in [6.45, 7) is 9.68. The Labute approximate surface area is 199 Å². The molecule has 3 rings (SSSR count). The van der Waals surface area contributed by atoms with Gasteiger partial charge in [-0.1, -0.05) is 33.3 Å². The molecule has 178 valence electrons. The molecule has 0 fully saturated rings. The fourth-order valence-corrected chi connectivity index (χ4v) is 3.18. The zero-order chi connectivity index (χ0) is 24.9. The topological polar surface area (TPSA) is 160 Å². The number of anilines is 4. The van der Waals surface area contributed by atoms with Gasteiger partial charge < -0.3 is 21.7 Å². The van der Waals surface area contributed by atoms with E-state index in [4.69, 9.17) is 16.7 Å². The molecular weight excluding hydrogens is 430 g/mol. The molecule has 0 radical (unpaired) electrons. The number of carbonyl (C=O) groups is 1. The number of nitrogens with one attached hydrogen (secondary N) is 1. The number of hydrogen-bond acceptors (Lipinski definition) is 9. The van der Waals surface area contributed by atoms with Gasteiger partial charge in [0.1, 0.15) is 11.9 Å². The largest absolute Gasteiger partial charge is 0.368 e. The van der Waals surface area contributed by atoms with Crippen molar-refractivity contribution in [1.29, 1.82) is 5.26 Å². The number of nitrogen functional groups attached to an aromatic ring is 2. The molecular formula is C24H31N9O. The van der Waals surface area contributed by atoms with Crippen molar-refractivity contribution in [2.24, 2.45) is 0 Å². The normalized spacial score (nSPS) is 10.0. The number of nitriles is 1. The molecule has 0 saturated heterocycles. The molecule has 10 heteroatoms. The van der Waals surface area contributed by atoms with Gasteiger partial charge in [-0.25, -0.2) is 15.0 Å². The third-order valence-corrected chi connectivity index (χ3v) is 4.77. The van der Waals surface area contributed by atoms with Gasteiger partial charge in [0.15, 0.2) is 0 Å². The molecule has 0 atom stereocenters. The number of amides is 1. The van der Waals surface area contributed by atoms with Gasteiger partial charge in [-0.3, -0.25) is 4.79 Å². The number of nitrogens with zero attached hydrogens (tertiary/aromatic N) is 6. The second kappa shape index (κ2) is 13.3. The van der Waals surface area contributed by atoms with Gasteiger partial charge in [0.2, 0.25) is 17.8 Å². The number of rotatable bonds is 9. The number of unbranched alkanes of at least 4 members (excludes halogenated alkanes) is 2. The summed E-state index contributed by atoms with van der Waals surface area (Å²) in [5.74, 6) is 1.04. The predicted molar refractivity (Wildman–Crippen MR) is 136 cm³/mol. The fourth-order valence-electron chi connectivity index (χ4n) is 3.18. The van der Waals surface area contributed by atoms with Crippen LogP contribution in [0.4, 0.5) is 23.4 Å². The molecule has 0 bridgehead atoms. The maximum absolute atomic E-state index is 11.5. The summed E-state index contributed by atoms with van der Waals surface area (Å²) < 4.78 is 0. The van der Waals surface area contributed by atoms with Crippen molar-refractivity contribution in [1.82, 2.24) is 19.9 Å². The van der Waals surface area contributed by atoms with E-state index >= 15 is 0 Å². The van der Waals surface area contributed by atoms with Gasteiger partial charge in [-0.2, -0.15) is 10.2 Å². The number of nitrogens with two attached hydrogens (primary N) is 2. The number of fused-ring (bicyclic) bond motifs is 1. The summed E-state index contributed by atoms with van der Waals surface area (Å²) in [5.41, 5.74) is 12.9. The maximum Gasteiger partial charge on any atom is 0.247 e. The monoisotopic (exact) mass is 461 g/mol. The zero-order valence-electron chi connectivity index (χ0n) is 19.7. The van der Waals surface area contributed by atoms with Crippen LogP contribution in [0.3, 0.4) is 0 Å². The van der Waals surface area contributed by atoms with E-state index in [1.54, 1.807) is 0 Å². The third kappa shape index (κ3) is 7.70. The Morgan fingerprint density at radius 1 is 1.12 bits per heavy atom. The Balaban J connectivity index is 0.000000379. The first-order valence-corrected chi connectivity index (χ1v) is 11.1. The zero-order valence-corrected chi connectivity index (χ0v) is 19.7. The lowest BCUT2D eigenvalue weighted by Crippen LogP contribution is -2.27. The van der Waals surface area contributed by atoms with Gasteiger partial charge in [0.05, 0.1) is 23.5 Å². The Morgan fingerprint density at radius 2 is 1.85 bits per heavy atom. The first-order chi connectivity index (χ1) is 16.4. The summed E-state index contributed by atoms with van der Waals surface area (Å²) in [4.78, 5) is 29.8. The highest BCUT2D eigenvalue weighted by Crippen LogP contribution is 2.27. The smallest absolute Gasteiger partial charge is 0.247 e. The molecule has 0 saturated carbocycles. The molecule has 0 aliphatic rings. The summed E-state index contributed by atoms with van der Waals surface area (Å²) in [6.07, 6.45) is 8.52. The molecule has 34 heavy (non-hydrogen) atoms. The van der Waals surface area contributed by atoms with E-state index in [-0.39, 0.29) is 17.8 Å². The van der Waals surface area contributed by atoms with Crippen molar-refractivity contribution < 1.29 is 4.79 Å². The lowest BCUT2D eigenvalue weighted by atomic mass is 10.1. The molecule has 0 aliphatic heterocycles. The van der Waals surface area contributed by atoms with Crippen LogP contribution < -0.4 is 21.7 Å². The summed E-state index contributed by atoms with van der Waals surface area (Å²) in [5, 5.41) is 11.9. The minimum atomic E-state index is -0.256. The van der Waals surface area contributed by atoms with E-state index in [1.807, 2.05) is 24.3 Å². The summed E-state index contributed by atoms with van der Waals surface area (Å²) >= 11 is 0. The molecule has 2 aromatic heterocycles. The van der Waals surface area contributed by atoms with Gasteiger partial charge in [-0.15, -0.1) is 0 Å². The first kappa shape index (κ1) is 26.0. The van der Waals surface area contributed by atoms with Crippen LogP contribution >= 0.6 is 0 Å². The highest BCUT2D eigenvalue weighted by molar-refractivity contribution is 6.01. The molecule has 0 spiro atoms. The molecule has 1 aromatic carbocycles. The fraction of sp³-hybridized carbons (Fsp3) is 0.333. The first-order valence-electron chi connectivity index (χ1n) is 11.1. The quantitative estimate of drug-likeness (QED) is 0.319. The van der Waals surface area contributed by atoms with Crippen molar-refractivity contribution in [2.75, 3.05) is 34.8 Å². The predicted octanol–water partition coefficient (Wildman–Crippen LogP) is 3.67. The number of hydrogen-bond donors (Lipinski definition) is 3. The van der Waals surface area contributed by atoms with E-state index in [9.17, 15) is 4.79 Å². The second-order valence-corrected chi connectivity index (χ2v) is 7.47. The van der Waals surface area contributed by atoms with Crippen LogP contribution in [0.2, 0.25) is 0 Å². The Bertz CT molecular complexity index is 1140. The van der Waals surface area contributed by atoms with Crippen LogP contribution in [0.15, 0.2) is 43.2 Å². The maximum atomic E-state index is 11.5. The van der Waals surface area contributed by atoms with E-state index < -0.39 is 0 Å². The van der Waals surface area contributed by atoms with Crippen LogP contribution in [0.5, 0.6) is 0 Å². The van der Waals surface area contributed by atoms with Gasteiger partial charge in [0, 0.05) is 24.2 Å². The van der Waals surface area contributed by atoms with E-state index in [0.717, 1.165) is 42.7 Å². The van der Waals surface area contributed by atoms with Crippen LogP contribution in [0.25, 0.3) is 10.9 Å². The van der Waals surface area contributed by atoms with Gasteiger partial charge >= 0.3 is 0 Å². The molecule has 5 N–H and O–H groups in total. The summed E-state index contributed by atoms with van der Waals surface area (Å²) in [6, 6.07) is 7.47. The number of benzene rings is 1. The average molecular weight is 462 g/mol. The standard InChI is InChI=1S/C19H27N5O.C5H4N4/c1-4-7-8-12-24(11-5-2)18-15-10-9-14(21-17(25)6-3)13-16(15)22-19(20)23-18;6-1-4-2-8-5(7)9-3-4/h6,9-10,13H,3-5,7-8,11-12H2,1-2H3,(H,21,25)(H2,20,22,23);2-3H,(H2,7,8,9). The molecule has 0 unspecified atom stereocenters. The van der Waals surface area contributed by atoms with Gasteiger partial charge in [-0.05, 0) is 37.1 Å². The van der Waals surface area contributed by atoms with Crippen molar-refractivity contribution in [2.45, 2.75) is 39.5 Å². The minimum absolute atomic E-state index is 0.189. The lowest BCUT2D eigenvalue weighted by molar-refractivity contribution is -0.111. The van der Waals surface area contributed by atoms with E-state index in [1.165, 1.54) is 31.3 Å². The summed E-state index contributed by atoms with van der Waals surface area (Å²) in [7, 11) is 0. The van der Waals surface area contributed by atoms with E-state index in [2.05, 4.69) is 50.6 Å². The molecule has 2 heterocycles. The Morgan fingerprint density at radius 3 is 2.47 bits per heavy atom. The van der Waals surface area contributed by atoms with Crippen molar-refractivity contribution in [3.05, 3.63) is 48.8 Å². The van der Waals surface area contributed by atoms with Crippen molar-refractivity contribution in [3.8, 4) is 6.07 Å². The van der Waals surface area contributed by atoms with Crippen LogP contribution in [0.1, 0.15) is 45.1 Å². The molecule has 1 amide bonds. The van der Waals surface area contributed by atoms with Crippen molar-refractivity contribution >= 4 is 40.2 Å². The Hall–Kier alpha value is -4.26. The lowest BCUT2D eigenvalue weighted by Gasteiger charge is -2.24. The number of aromatic nitrogens is 4. The van der Waals surface area contributed by atoms with Crippen LogP contribution in [0, 0.1) is 11.3 Å². The van der Waals surface area contributed by atoms with Crippen molar-refractivity contribution in [3.63, 3.8) is 0 Å². The van der Waals surface area contributed by atoms with Crippen LogP contribution in [-0.2, 0) is 4.79 Å². The van der Waals surface area contributed by atoms with E-state index in [0.29, 0.717) is 11.3 Å². The average Bonchev–Trinajstić information content (AvgIpc) is 2.83. The highest BCUT2D eigenvalue weighted by atomic mass is 16.1. The number of carbonyl (C=O) groups excluding carboxylic acids is 1. The SMILES string of the molecule is C=CC(=O)Nc1ccc2c(N(CCC)CCCCC)nc(N)nc2c1.N#Cc1cnc(N)nc1. The van der Waals surface area contributed by atoms with Gasteiger partial charge in [0.25, 0.3) is 0 Å². The molecule has 10 nitrogen and oxygen atoms in total. The minimum Gasteiger partial charge on any atom is -0.368 e. The highest BCUT2D eigenvalue weighted by Gasteiger charge is 2.14. The Kier molecular flexibility index (Phi) is 10.2.